The fraction of sp³-hybridized carbons (Fsp3) is 0. The van der Waals surface area contributed by atoms with Gasteiger partial charge in [-0.15, -0.1) is 0 Å². The molecule has 0 bridgehead atoms. The maximum Gasteiger partial charge on any atom is 0.136 e. The van der Waals surface area contributed by atoms with Gasteiger partial charge in [-0.2, -0.15) is 0 Å². The van der Waals surface area contributed by atoms with E-state index in [-0.39, 0.29) is 0 Å². The summed E-state index contributed by atoms with van der Waals surface area (Å²) in [6, 6.07) is 44.7. The summed E-state index contributed by atoms with van der Waals surface area (Å²) in [5.74, 6) is 0. The summed E-state index contributed by atoms with van der Waals surface area (Å²) in [6.07, 6.45) is 0. The number of furan rings is 1. The van der Waals surface area contributed by atoms with Crippen LogP contribution in [0.4, 0.5) is 0 Å². The van der Waals surface area contributed by atoms with Gasteiger partial charge < -0.3 is 13.2 Å². The second kappa shape index (κ2) is 6.80. The lowest BCUT2D eigenvalue weighted by Crippen LogP contribution is -1.84. The van der Waals surface area contributed by atoms with Crippen LogP contribution in [0.2, 0.25) is 0 Å². The Morgan fingerprint density at radius 3 is 1.88 bits per heavy atom. The summed E-state index contributed by atoms with van der Waals surface area (Å²) in [5, 5.41) is 15.3. The van der Waals surface area contributed by atoms with Crippen molar-refractivity contribution in [1.29, 1.82) is 0 Å². The summed E-state index contributed by atoms with van der Waals surface area (Å²) >= 11 is 0. The molecule has 0 amide bonds. The van der Waals surface area contributed by atoms with E-state index in [4.69, 9.17) is 4.42 Å². The Balaban J connectivity index is 1.35. The van der Waals surface area contributed by atoms with Crippen LogP contribution in [0.5, 0.6) is 0 Å². The zero-order valence-corrected chi connectivity index (χ0v) is 22.8. The monoisotopic (exact) mass is 544 g/mol. The standard InChI is InChI=1S/C40H20N2O/c1-2-9-22-21(8-1)16-31-28-17-27-24-12-7-13-25-29-19-37-30(23-10-4-6-15-36(23)43-37)18-33(29)42(39(24)25)34(27)20-35(28)41-32-14-5-3-11-26(32)38(22)40(31)41/h1-20H. The van der Waals surface area contributed by atoms with Crippen LogP contribution in [0.25, 0.3) is 109 Å². The number of fused-ring (bicyclic) bond motifs is 17. The molecule has 3 heteroatoms. The number of nitrogens with zero attached hydrogens (tertiary/aromatic N) is 2. The van der Waals surface area contributed by atoms with E-state index in [1.807, 2.05) is 6.07 Å². The third-order valence-electron chi connectivity index (χ3n) is 10.1. The fourth-order valence-corrected chi connectivity index (χ4v) is 8.43. The topological polar surface area (TPSA) is 22.0 Å². The van der Waals surface area contributed by atoms with Crippen molar-refractivity contribution >= 4 is 109 Å². The molecule has 0 fully saturated rings. The van der Waals surface area contributed by atoms with E-state index in [1.54, 1.807) is 0 Å². The van der Waals surface area contributed by atoms with Gasteiger partial charge in [0.2, 0.25) is 0 Å². The van der Waals surface area contributed by atoms with Crippen LogP contribution in [0.15, 0.2) is 126 Å². The molecule has 3 nitrogen and oxygen atoms in total. The van der Waals surface area contributed by atoms with E-state index in [0.29, 0.717) is 0 Å². The van der Waals surface area contributed by atoms with Crippen LogP contribution >= 0.6 is 0 Å². The molecule has 0 saturated carbocycles. The predicted octanol–water partition coefficient (Wildman–Crippen LogP) is 11.0. The third kappa shape index (κ3) is 2.25. The molecule has 5 aromatic heterocycles. The molecular formula is C40H20N2O. The van der Waals surface area contributed by atoms with E-state index in [2.05, 4.69) is 124 Å². The van der Waals surface area contributed by atoms with Crippen molar-refractivity contribution in [3.8, 4) is 0 Å². The number of aromatic nitrogens is 2. The Morgan fingerprint density at radius 1 is 0.349 bits per heavy atom. The third-order valence-corrected chi connectivity index (χ3v) is 10.1. The maximum absolute atomic E-state index is 6.32. The van der Waals surface area contributed by atoms with Crippen LogP contribution in [0, 0.1) is 0 Å². The number of benzene rings is 7. The van der Waals surface area contributed by atoms with Crippen LogP contribution in [0.1, 0.15) is 0 Å². The number of hydrogen-bond donors (Lipinski definition) is 0. The van der Waals surface area contributed by atoms with Gasteiger partial charge in [-0.25, -0.2) is 0 Å². The quantitative estimate of drug-likeness (QED) is 0.186. The van der Waals surface area contributed by atoms with Gasteiger partial charge in [0.15, 0.2) is 0 Å². The minimum absolute atomic E-state index is 0.934. The first-order valence-corrected chi connectivity index (χ1v) is 14.9. The van der Waals surface area contributed by atoms with Gasteiger partial charge in [0.05, 0.1) is 33.1 Å². The summed E-state index contributed by atoms with van der Waals surface area (Å²) in [6.45, 7) is 0. The SMILES string of the molecule is c1ccc2c(c1)cc1c3cc4c5cccc6c7cc8oc9ccccc9c8cc7n(c4cc3n3c4ccccc4c2c13)c65. The van der Waals surface area contributed by atoms with Crippen molar-refractivity contribution in [2.45, 2.75) is 0 Å². The Kier molecular flexibility index (Phi) is 3.32. The van der Waals surface area contributed by atoms with Crippen molar-refractivity contribution in [3.63, 3.8) is 0 Å². The lowest BCUT2D eigenvalue weighted by molar-refractivity contribution is 0.669. The van der Waals surface area contributed by atoms with Gasteiger partial charge in [0, 0.05) is 53.9 Å². The average molecular weight is 545 g/mol. The molecule has 12 aromatic rings. The first kappa shape index (κ1) is 21.0. The molecular weight excluding hydrogens is 524 g/mol. The molecule has 196 valence electrons. The number of rotatable bonds is 0. The molecule has 0 atom stereocenters. The molecule has 0 aliphatic heterocycles. The number of para-hydroxylation sites is 3. The largest absolute Gasteiger partial charge is 0.456 e. The van der Waals surface area contributed by atoms with E-state index >= 15 is 0 Å². The van der Waals surface area contributed by atoms with E-state index in [9.17, 15) is 0 Å². The molecule has 12 rings (SSSR count). The second-order valence-electron chi connectivity index (χ2n) is 12.1. The Morgan fingerprint density at radius 2 is 1.00 bits per heavy atom. The highest BCUT2D eigenvalue weighted by Gasteiger charge is 2.24. The van der Waals surface area contributed by atoms with Crippen molar-refractivity contribution in [2.24, 2.45) is 0 Å². The first-order chi connectivity index (χ1) is 21.3. The van der Waals surface area contributed by atoms with Crippen LogP contribution in [0.3, 0.4) is 0 Å². The highest BCUT2D eigenvalue weighted by Crippen LogP contribution is 2.47. The Hall–Kier alpha value is -5.80. The zero-order chi connectivity index (χ0) is 27.6. The highest BCUT2D eigenvalue weighted by molar-refractivity contribution is 6.33. The second-order valence-corrected chi connectivity index (χ2v) is 12.1. The summed E-state index contributed by atoms with van der Waals surface area (Å²) in [7, 11) is 0. The molecule has 0 aliphatic carbocycles. The molecule has 5 heterocycles. The lowest BCUT2D eigenvalue weighted by Gasteiger charge is -2.03. The van der Waals surface area contributed by atoms with Crippen LogP contribution < -0.4 is 0 Å². The molecule has 7 aromatic carbocycles. The van der Waals surface area contributed by atoms with Crippen molar-refractivity contribution in [1.82, 2.24) is 8.80 Å². The number of hydrogen-bond acceptors (Lipinski definition) is 1. The van der Waals surface area contributed by atoms with Gasteiger partial charge in [-0.1, -0.05) is 78.9 Å². The molecule has 0 saturated heterocycles. The Bertz CT molecular complexity index is 3170. The molecule has 0 N–H and O–H groups in total. The van der Waals surface area contributed by atoms with Gasteiger partial charge in [0.1, 0.15) is 11.2 Å². The summed E-state index contributed by atoms with van der Waals surface area (Å²) in [4.78, 5) is 0. The van der Waals surface area contributed by atoms with Gasteiger partial charge in [-0.05, 0) is 53.2 Å². The minimum Gasteiger partial charge on any atom is -0.456 e. The highest BCUT2D eigenvalue weighted by atomic mass is 16.3. The lowest BCUT2D eigenvalue weighted by atomic mass is 9.99. The van der Waals surface area contributed by atoms with Gasteiger partial charge in [0.25, 0.3) is 0 Å². The molecule has 0 spiro atoms. The van der Waals surface area contributed by atoms with E-state index < -0.39 is 0 Å². The predicted molar refractivity (Wildman–Crippen MR) is 181 cm³/mol. The van der Waals surface area contributed by atoms with Crippen LogP contribution in [-0.4, -0.2) is 8.80 Å². The van der Waals surface area contributed by atoms with Crippen molar-refractivity contribution in [3.05, 3.63) is 121 Å². The smallest absolute Gasteiger partial charge is 0.136 e. The summed E-state index contributed by atoms with van der Waals surface area (Å²) in [5.41, 5.74) is 9.47. The van der Waals surface area contributed by atoms with E-state index in [1.165, 1.54) is 87.0 Å². The van der Waals surface area contributed by atoms with E-state index in [0.717, 1.165) is 21.9 Å². The first-order valence-electron chi connectivity index (χ1n) is 14.9. The molecule has 0 unspecified atom stereocenters. The summed E-state index contributed by atoms with van der Waals surface area (Å²) < 4.78 is 11.3. The van der Waals surface area contributed by atoms with Crippen molar-refractivity contribution < 1.29 is 4.42 Å². The molecule has 0 radical (unpaired) electrons. The zero-order valence-electron chi connectivity index (χ0n) is 22.8. The van der Waals surface area contributed by atoms with Crippen LogP contribution in [-0.2, 0) is 0 Å². The fourth-order valence-electron chi connectivity index (χ4n) is 8.43. The van der Waals surface area contributed by atoms with Crippen molar-refractivity contribution in [2.75, 3.05) is 0 Å². The molecule has 0 aliphatic rings. The maximum atomic E-state index is 6.32. The Labute approximate surface area is 243 Å². The minimum atomic E-state index is 0.934. The normalized spacial score (nSPS) is 13.1. The molecule has 43 heavy (non-hydrogen) atoms. The van der Waals surface area contributed by atoms with Gasteiger partial charge >= 0.3 is 0 Å². The van der Waals surface area contributed by atoms with Gasteiger partial charge in [-0.3, -0.25) is 0 Å². The average Bonchev–Trinajstić information content (AvgIpc) is 3.83.